The van der Waals surface area contributed by atoms with Gasteiger partial charge in [-0.3, -0.25) is 9.89 Å². The number of hydrogen-bond acceptors (Lipinski definition) is 4. The minimum Gasteiger partial charge on any atom is -0.394 e. The number of nitrogens with zero attached hydrogens (tertiary/aromatic N) is 2. The first kappa shape index (κ1) is 14.7. The van der Waals surface area contributed by atoms with Crippen LogP contribution in [0.4, 0.5) is 0 Å². The fourth-order valence-corrected chi connectivity index (χ4v) is 2.59. The van der Waals surface area contributed by atoms with Crippen LogP contribution in [-0.4, -0.2) is 58.0 Å². The standard InChI is InChI=1S/C16H19N3O3/c1-11-10-22-15(9-20)8-19(11)16(21)13-4-2-12(3-5-13)14-6-17-18-7-14/h2-7,11,15,20H,8-10H2,1H3,(H,17,18). The van der Waals surface area contributed by atoms with E-state index in [0.717, 1.165) is 11.1 Å². The van der Waals surface area contributed by atoms with Crippen molar-refractivity contribution in [3.8, 4) is 11.1 Å². The van der Waals surface area contributed by atoms with Crippen LogP contribution in [0.1, 0.15) is 17.3 Å². The van der Waals surface area contributed by atoms with E-state index >= 15 is 0 Å². The number of benzene rings is 1. The van der Waals surface area contributed by atoms with Crippen LogP contribution in [-0.2, 0) is 4.74 Å². The maximum atomic E-state index is 12.6. The third kappa shape index (κ3) is 2.88. The van der Waals surface area contributed by atoms with E-state index in [-0.39, 0.29) is 24.7 Å². The molecule has 2 N–H and O–H groups in total. The molecular weight excluding hydrogens is 282 g/mol. The summed E-state index contributed by atoms with van der Waals surface area (Å²) in [6, 6.07) is 7.46. The number of carbonyl (C=O) groups is 1. The van der Waals surface area contributed by atoms with Crippen molar-refractivity contribution in [2.45, 2.75) is 19.1 Å². The maximum absolute atomic E-state index is 12.6. The molecule has 1 amide bonds. The molecule has 22 heavy (non-hydrogen) atoms. The molecule has 1 fully saturated rings. The van der Waals surface area contributed by atoms with Crippen molar-refractivity contribution >= 4 is 5.91 Å². The predicted octanol–water partition coefficient (Wildman–Crippen LogP) is 1.30. The lowest BCUT2D eigenvalue weighted by molar-refractivity contribution is -0.0667. The molecule has 1 aromatic heterocycles. The van der Waals surface area contributed by atoms with Gasteiger partial charge in [-0.15, -0.1) is 0 Å². The summed E-state index contributed by atoms with van der Waals surface area (Å²) < 4.78 is 5.47. The summed E-state index contributed by atoms with van der Waals surface area (Å²) in [5, 5.41) is 15.9. The molecule has 6 nitrogen and oxygen atoms in total. The first-order valence-electron chi connectivity index (χ1n) is 7.31. The fraction of sp³-hybridized carbons (Fsp3) is 0.375. The normalized spacial score (nSPS) is 21.8. The average Bonchev–Trinajstić information content (AvgIpc) is 3.09. The molecule has 3 rings (SSSR count). The number of morpholine rings is 1. The van der Waals surface area contributed by atoms with E-state index in [1.165, 1.54) is 0 Å². The molecule has 0 bridgehead atoms. The minimum atomic E-state index is -0.301. The highest BCUT2D eigenvalue weighted by Crippen LogP contribution is 2.20. The highest BCUT2D eigenvalue weighted by molar-refractivity contribution is 5.95. The third-order valence-corrected chi connectivity index (χ3v) is 3.93. The molecule has 0 saturated carbocycles. The number of H-pyrrole nitrogens is 1. The molecule has 0 spiro atoms. The van der Waals surface area contributed by atoms with Gasteiger partial charge in [0, 0.05) is 23.9 Å². The van der Waals surface area contributed by atoms with Crippen LogP contribution in [0.15, 0.2) is 36.7 Å². The highest BCUT2D eigenvalue weighted by atomic mass is 16.5. The smallest absolute Gasteiger partial charge is 0.254 e. The van der Waals surface area contributed by atoms with Crippen LogP contribution in [0.25, 0.3) is 11.1 Å². The Kier molecular flexibility index (Phi) is 4.22. The summed E-state index contributed by atoms with van der Waals surface area (Å²) in [6.45, 7) is 2.74. The second kappa shape index (κ2) is 6.29. The molecule has 0 aliphatic carbocycles. The Morgan fingerprint density at radius 2 is 2.18 bits per heavy atom. The van der Waals surface area contributed by atoms with Gasteiger partial charge < -0.3 is 14.7 Å². The van der Waals surface area contributed by atoms with Crippen molar-refractivity contribution in [1.82, 2.24) is 15.1 Å². The van der Waals surface area contributed by atoms with Gasteiger partial charge in [0.25, 0.3) is 5.91 Å². The van der Waals surface area contributed by atoms with Crippen molar-refractivity contribution in [2.24, 2.45) is 0 Å². The molecule has 2 unspecified atom stereocenters. The number of rotatable bonds is 3. The summed E-state index contributed by atoms with van der Waals surface area (Å²) in [5.74, 6) is -0.0343. The van der Waals surface area contributed by atoms with Crippen LogP contribution in [0, 0.1) is 0 Å². The number of hydrogen-bond donors (Lipinski definition) is 2. The molecule has 1 aromatic carbocycles. The molecule has 2 aromatic rings. The molecule has 2 atom stereocenters. The van der Waals surface area contributed by atoms with Crippen molar-refractivity contribution < 1.29 is 14.6 Å². The average molecular weight is 301 g/mol. The molecule has 116 valence electrons. The van der Waals surface area contributed by atoms with Gasteiger partial charge in [-0.25, -0.2) is 0 Å². The van der Waals surface area contributed by atoms with Crippen LogP contribution in [0.5, 0.6) is 0 Å². The van der Waals surface area contributed by atoms with E-state index in [9.17, 15) is 9.90 Å². The molecule has 0 radical (unpaired) electrons. The van der Waals surface area contributed by atoms with Gasteiger partial charge in [0.1, 0.15) is 0 Å². The largest absolute Gasteiger partial charge is 0.394 e. The molecule has 1 saturated heterocycles. The van der Waals surface area contributed by atoms with Gasteiger partial charge >= 0.3 is 0 Å². The van der Waals surface area contributed by atoms with Gasteiger partial charge in [0.2, 0.25) is 0 Å². The molecule has 6 heteroatoms. The lowest BCUT2D eigenvalue weighted by Gasteiger charge is -2.37. The molecule has 1 aliphatic rings. The number of aromatic amines is 1. The topological polar surface area (TPSA) is 78.5 Å². The van der Waals surface area contributed by atoms with E-state index in [0.29, 0.717) is 18.7 Å². The Morgan fingerprint density at radius 3 is 2.82 bits per heavy atom. The van der Waals surface area contributed by atoms with Crippen molar-refractivity contribution in [3.05, 3.63) is 42.2 Å². The zero-order valence-electron chi connectivity index (χ0n) is 12.4. The fourth-order valence-electron chi connectivity index (χ4n) is 2.59. The molecule has 1 aliphatic heterocycles. The van der Waals surface area contributed by atoms with Crippen molar-refractivity contribution in [2.75, 3.05) is 19.8 Å². The summed E-state index contributed by atoms with van der Waals surface area (Å²) in [5.41, 5.74) is 2.63. The summed E-state index contributed by atoms with van der Waals surface area (Å²) in [7, 11) is 0. The second-order valence-corrected chi connectivity index (χ2v) is 5.51. The van der Waals surface area contributed by atoms with Gasteiger partial charge in [0.05, 0.1) is 31.6 Å². The third-order valence-electron chi connectivity index (χ3n) is 3.93. The van der Waals surface area contributed by atoms with E-state index in [2.05, 4.69) is 10.2 Å². The van der Waals surface area contributed by atoms with E-state index in [1.54, 1.807) is 11.1 Å². The van der Waals surface area contributed by atoms with Gasteiger partial charge in [0.15, 0.2) is 0 Å². The van der Waals surface area contributed by atoms with Gasteiger partial charge in [-0.05, 0) is 24.6 Å². The van der Waals surface area contributed by atoms with Crippen LogP contribution < -0.4 is 0 Å². The number of ether oxygens (including phenoxy) is 1. The Labute approximate surface area is 128 Å². The minimum absolute atomic E-state index is 0.00357. The SMILES string of the molecule is CC1COC(CO)CN1C(=O)c1ccc(-c2cn[nH]c2)cc1. The molecular formula is C16H19N3O3. The Hall–Kier alpha value is -2.18. The Morgan fingerprint density at radius 1 is 1.41 bits per heavy atom. The lowest BCUT2D eigenvalue weighted by Crippen LogP contribution is -2.52. The van der Waals surface area contributed by atoms with Gasteiger partial charge in [-0.1, -0.05) is 12.1 Å². The van der Waals surface area contributed by atoms with E-state index < -0.39 is 0 Å². The van der Waals surface area contributed by atoms with Gasteiger partial charge in [-0.2, -0.15) is 5.10 Å². The van der Waals surface area contributed by atoms with Crippen molar-refractivity contribution in [1.29, 1.82) is 0 Å². The highest BCUT2D eigenvalue weighted by Gasteiger charge is 2.29. The van der Waals surface area contributed by atoms with Crippen LogP contribution in [0.3, 0.4) is 0 Å². The Bertz CT molecular complexity index is 625. The number of aliphatic hydroxyl groups is 1. The quantitative estimate of drug-likeness (QED) is 0.895. The second-order valence-electron chi connectivity index (χ2n) is 5.51. The maximum Gasteiger partial charge on any atom is 0.254 e. The summed E-state index contributed by atoms with van der Waals surface area (Å²) in [6.07, 6.45) is 3.25. The first-order valence-corrected chi connectivity index (χ1v) is 7.31. The lowest BCUT2D eigenvalue weighted by atomic mass is 10.1. The Balaban J connectivity index is 1.77. The summed E-state index contributed by atoms with van der Waals surface area (Å²) >= 11 is 0. The zero-order valence-corrected chi connectivity index (χ0v) is 12.4. The number of carbonyl (C=O) groups excluding carboxylic acids is 1. The number of aliphatic hydroxyl groups excluding tert-OH is 1. The number of amides is 1. The molecule has 2 heterocycles. The summed E-state index contributed by atoms with van der Waals surface area (Å²) in [4.78, 5) is 14.4. The number of nitrogens with one attached hydrogen (secondary N) is 1. The van der Waals surface area contributed by atoms with E-state index in [1.807, 2.05) is 37.4 Å². The monoisotopic (exact) mass is 301 g/mol. The van der Waals surface area contributed by atoms with Crippen LogP contribution >= 0.6 is 0 Å². The first-order chi connectivity index (χ1) is 10.7. The predicted molar refractivity (Wildman–Crippen MR) is 81.3 cm³/mol. The van der Waals surface area contributed by atoms with Crippen molar-refractivity contribution in [3.63, 3.8) is 0 Å². The zero-order chi connectivity index (χ0) is 15.5. The number of aromatic nitrogens is 2. The van der Waals surface area contributed by atoms with E-state index in [4.69, 9.17) is 4.74 Å². The van der Waals surface area contributed by atoms with Crippen LogP contribution in [0.2, 0.25) is 0 Å².